The smallest absolute Gasteiger partial charge is 0.243 e. The van der Waals surface area contributed by atoms with Crippen molar-refractivity contribution in [3.8, 4) is 5.75 Å². The number of aromatic nitrogens is 1. The Labute approximate surface area is 163 Å². The first kappa shape index (κ1) is 18.2. The standard InChI is InChI=1S/C19H21N3O3S2/c1-14-4-3-5-17-18(14)20-19(26-17)21-10-12-22(13-11-21)27(23,24)16-8-6-15(25-2)7-9-16/h3-9H,10-13H2,1-2H3. The fraction of sp³-hybridized carbons (Fsp3) is 0.316. The van der Waals surface area contributed by atoms with Crippen molar-refractivity contribution in [2.24, 2.45) is 0 Å². The van der Waals surface area contributed by atoms with E-state index >= 15 is 0 Å². The third-order valence-corrected chi connectivity index (χ3v) is 7.81. The van der Waals surface area contributed by atoms with Gasteiger partial charge in [-0.15, -0.1) is 0 Å². The summed E-state index contributed by atoms with van der Waals surface area (Å²) < 4.78 is 33.6. The number of nitrogens with zero attached hydrogens (tertiary/aromatic N) is 3. The molecule has 0 N–H and O–H groups in total. The highest BCUT2D eigenvalue weighted by Gasteiger charge is 2.29. The number of methoxy groups -OCH3 is 1. The molecule has 1 aliphatic rings. The summed E-state index contributed by atoms with van der Waals surface area (Å²) in [5.74, 6) is 0.643. The fourth-order valence-corrected chi connectivity index (χ4v) is 5.74. The lowest BCUT2D eigenvalue weighted by Crippen LogP contribution is -2.48. The first-order chi connectivity index (χ1) is 13.0. The van der Waals surface area contributed by atoms with Crippen LogP contribution in [0.25, 0.3) is 10.2 Å². The Morgan fingerprint density at radius 1 is 1.04 bits per heavy atom. The summed E-state index contributed by atoms with van der Waals surface area (Å²) >= 11 is 1.66. The van der Waals surface area contributed by atoms with Crippen LogP contribution < -0.4 is 9.64 Å². The third kappa shape index (κ3) is 3.40. The lowest BCUT2D eigenvalue weighted by atomic mass is 10.2. The van der Waals surface area contributed by atoms with Crippen LogP contribution in [0, 0.1) is 6.92 Å². The topological polar surface area (TPSA) is 62.7 Å². The number of ether oxygens (including phenoxy) is 1. The van der Waals surface area contributed by atoms with E-state index in [9.17, 15) is 8.42 Å². The lowest BCUT2D eigenvalue weighted by Gasteiger charge is -2.33. The van der Waals surface area contributed by atoms with E-state index in [1.807, 2.05) is 6.07 Å². The van der Waals surface area contributed by atoms with Crippen molar-refractivity contribution in [3.63, 3.8) is 0 Å². The molecule has 0 radical (unpaired) electrons. The Kier molecular flexibility index (Phi) is 4.79. The monoisotopic (exact) mass is 403 g/mol. The molecular formula is C19H21N3O3S2. The highest BCUT2D eigenvalue weighted by atomic mass is 32.2. The molecule has 0 saturated carbocycles. The molecule has 0 atom stereocenters. The number of rotatable bonds is 4. The Morgan fingerprint density at radius 2 is 1.74 bits per heavy atom. The number of aryl methyl sites for hydroxylation is 1. The molecule has 0 unspecified atom stereocenters. The average Bonchev–Trinajstić information content (AvgIpc) is 3.14. The molecule has 0 spiro atoms. The van der Waals surface area contributed by atoms with Gasteiger partial charge in [0.15, 0.2) is 5.13 Å². The van der Waals surface area contributed by atoms with Gasteiger partial charge in [0.2, 0.25) is 10.0 Å². The second-order valence-corrected chi connectivity index (χ2v) is 9.43. The van der Waals surface area contributed by atoms with Gasteiger partial charge >= 0.3 is 0 Å². The second kappa shape index (κ2) is 7.10. The van der Waals surface area contributed by atoms with Crippen molar-refractivity contribution < 1.29 is 13.2 Å². The SMILES string of the molecule is COc1ccc(S(=O)(=O)N2CCN(c3nc4c(C)cccc4s3)CC2)cc1. The van der Waals surface area contributed by atoms with Gasteiger partial charge in [0.05, 0.1) is 22.2 Å². The maximum absolute atomic E-state index is 12.9. The Hall–Kier alpha value is -2.16. The number of hydrogen-bond donors (Lipinski definition) is 0. The van der Waals surface area contributed by atoms with Crippen molar-refractivity contribution in [1.82, 2.24) is 9.29 Å². The zero-order chi connectivity index (χ0) is 19.0. The molecule has 0 amide bonds. The number of benzene rings is 2. The van der Waals surface area contributed by atoms with Crippen molar-refractivity contribution in [2.45, 2.75) is 11.8 Å². The van der Waals surface area contributed by atoms with Crippen LogP contribution in [0.2, 0.25) is 0 Å². The zero-order valence-electron chi connectivity index (χ0n) is 15.3. The van der Waals surface area contributed by atoms with Gasteiger partial charge in [0.1, 0.15) is 5.75 Å². The van der Waals surface area contributed by atoms with Crippen LogP contribution >= 0.6 is 11.3 Å². The van der Waals surface area contributed by atoms with Gasteiger partial charge in [-0.25, -0.2) is 13.4 Å². The van der Waals surface area contributed by atoms with Crippen molar-refractivity contribution in [3.05, 3.63) is 48.0 Å². The van der Waals surface area contributed by atoms with Crippen LogP contribution in [0.1, 0.15) is 5.56 Å². The Balaban J connectivity index is 1.49. The van der Waals surface area contributed by atoms with E-state index in [1.165, 1.54) is 4.70 Å². The van der Waals surface area contributed by atoms with Crippen molar-refractivity contribution in [2.75, 3.05) is 38.2 Å². The second-order valence-electron chi connectivity index (χ2n) is 6.48. The van der Waals surface area contributed by atoms with E-state index < -0.39 is 10.0 Å². The summed E-state index contributed by atoms with van der Waals surface area (Å²) in [4.78, 5) is 7.23. The van der Waals surface area contributed by atoms with Crippen LogP contribution in [-0.4, -0.2) is 51.0 Å². The van der Waals surface area contributed by atoms with E-state index in [-0.39, 0.29) is 0 Å². The van der Waals surface area contributed by atoms with Gasteiger partial charge in [0.25, 0.3) is 0 Å². The highest BCUT2D eigenvalue weighted by molar-refractivity contribution is 7.89. The molecule has 1 saturated heterocycles. The molecule has 142 valence electrons. The van der Waals surface area contributed by atoms with E-state index in [4.69, 9.17) is 9.72 Å². The molecule has 8 heteroatoms. The van der Waals surface area contributed by atoms with Crippen LogP contribution in [0.3, 0.4) is 0 Å². The van der Waals surface area contributed by atoms with Gasteiger partial charge in [0, 0.05) is 26.2 Å². The summed E-state index contributed by atoms with van der Waals surface area (Å²) in [5, 5.41) is 0.959. The largest absolute Gasteiger partial charge is 0.497 e. The summed E-state index contributed by atoms with van der Waals surface area (Å²) in [6.07, 6.45) is 0. The Bertz CT molecular complexity index is 1050. The number of hydrogen-bond acceptors (Lipinski definition) is 6. The van der Waals surface area contributed by atoms with Crippen LogP contribution in [0.5, 0.6) is 5.75 Å². The van der Waals surface area contributed by atoms with E-state index in [1.54, 1.807) is 47.0 Å². The highest BCUT2D eigenvalue weighted by Crippen LogP contribution is 2.31. The zero-order valence-corrected chi connectivity index (χ0v) is 16.9. The molecule has 0 bridgehead atoms. The maximum atomic E-state index is 12.9. The Morgan fingerprint density at radius 3 is 2.37 bits per heavy atom. The predicted octanol–water partition coefficient (Wildman–Crippen LogP) is 3.12. The minimum Gasteiger partial charge on any atom is -0.497 e. The first-order valence-electron chi connectivity index (χ1n) is 8.74. The van der Waals surface area contributed by atoms with Crippen molar-refractivity contribution in [1.29, 1.82) is 0 Å². The first-order valence-corrected chi connectivity index (χ1v) is 11.0. The van der Waals surface area contributed by atoms with Gasteiger partial charge in [-0.2, -0.15) is 4.31 Å². The maximum Gasteiger partial charge on any atom is 0.243 e. The molecule has 1 aromatic heterocycles. The molecule has 6 nitrogen and oxygen atoms in total. The molecule has 27 heavy (non-hydrogen) atoms. The summed E-state index contributed by atoms with van der Waals surface area (Å²) in [6.45, 7) is 4.22. The predicted molar refractivity (Wildman–Crippen MR) is 108 cm³/mol. The number of fused-ring (bicyclic) bond motifs is 1. The number of thiazole rings is 1. The molecule has 2 heterocycles. The fourth-order valence-electron chi connectivity index (χ4n) is 3.23. The summed E-state index contributed by atoms with van der Waals surface area (Å²) in [7, 11) is -1.93. The number of sulfonamides is 1. The molecule has 4 rings (SSSR count). The number of para-hydroxylation sites is 1. The normalized spacial score (nSPS) is 16.0. The average molecular weight is 404 g/mol. The molecule has 2 aromatic carbocycles. The van der Waals surface area contributed by atoms with Crippen LogP contribution in [0.4, 0.5) is 5.13 Å². The van der Waals surface area contributed by atoms with E-state index in [0.29, 0.717) is 36.8 Å². The van der Waals surface area contributed by atoms with Crippen LogP contribution in [0.15, 0.2) is 47.4 Å². The molecule has 3 aromatic rings. The summed E-state index contributed by atoms with van der Waals surface area (Å²) in [6, 6.07) is 12.7. The molecule has 0 aliphatic carbocycles. The molecule has 1 fully saturated rings. The van der Waals surface area contributed by atoms with E-state index in [0.717, 1.165) is 16.2 Å². The van der Waals surface area contributed by atoms with Gasteiger partial charge in [-0.3, -0.25) is 0 Å². The number of piperazine rings is 1. The third-order valence-electron chi connectivity index (χ3n) is 4.82. The number of anilines is 1. The summed E-state index contributed by atoms with van der Waals surface area (Å²) in [5.41, 5.74) is 2.20. The molecular weight excluding hydrogens is 382 g/mol. The van der Waals surface area contributed by atoms with Crippen molar-refractivity contribution >= 4 is 36.7 Å². The van der Waals surface area contributed by atoms with Crippen LogP contribution in [-0.2, 0) is 10.0 Å². The minimum atomic E-state index is -3.49. The van der Waals surface area contributed by atoms with Gasteiger partial charge in [-0.1, -0.05) is 23.5 Å². The van der Waals surface area contributed by atoms with E-state index in [2.05, 4.69) is 24.0 Å². The minimum absolute atomic E-state index is 0.298. The van der Waals surface area contributed by atoms with Gasteiger partial charge in [-0.05, 0) is 42.8 Å². The molecule has 1 aliphatic heterocycles. The quantitative estimate of drug-likeness (QED) is 0.670. The van der Waals surface area contributed by atoms with Gasteiger partial charge < -0.3 is 9.64 Å². The lowest BCUT2D eigenvalue weighted by molar-refractivity contribution is 0.384.